The number of nitrogens with one attached hydrogen (secondary N) is 2. The molecule has 2 rings (SSSR count). The van der Waals surface area contributed by atoms with Crippen molar-refractivity contribution in [1.29, 1.82) is 0 Å². The summed E-state index contributed by atoms with van der Waals surface area (Å²) < 4.78 is 16.6. The van der Waals surface area contributed by atoms with Crippen LogP contribution in [0.5, 0.6) is 17.2 Å². The van der Waals surface area contributed by atoms with Crippen LogP contribution in [0.15, 0.2) is 30.3 Å². The van der Waals surface area contributed by atoms with Gasteiger partial charge in [0.2, 0.25) is 0 Å². The molecule has 2 amide bonds. The van der Waals surface area contributed by atoms with Gasteiger partial charge in [-0.2, -0.15) is 0 Å². The van der Waals surface area contributed by atoms with Crippen molar-refractivity contribution < 1.29 is 23.8 Å². The van der Waals surface area contributed by atoms with Crippen LogP contribution in [0.2, 0.25) is 0 Å². The molecule has 0 unspecified atom stereocenters. The van der Waals surface area contributed by atoms with Gasteiger partial charge in [-0.3, -0.25) is 0 Å². The number of amides is 2. The largest absolute Gasteiger partial charge is 0.490 e. The fourth-order valence-electron chi connectivity index (χ4n) is 2.46. The molecule has 0 bridgehead atoms. The van der Waals surface area contributed by atoms with Crippen LogP contribution in [0.1, 0.15) is 33.6 Å². The minimum atomic E-state index is -0.558. The van der Waals surface area contributed by atoms with Gasteiger partial charge in [0, 0.05) is 29.9 Å². The maximum Gasteiger partial charge on any atom is 0.412 e. The first-order valence-electron chi connectivity index (χ1n) is 9.20. The Morgan fingerprint density at radius 3 is 2.04 bits per heavy atom. The smallest absolute Gasteiger partial charge is 0.412 e. The molecule has 0 saturated heterocycles. The Morgan fingerprint density at radius 2 is 1.44 bits per heavy atom. The van der Waals surface area contributed by atoms with Crippen LogP contribution < -0.4 is 24.8 Å². The van der Waals surface area contributed by atoms with Crippen molar-refractivity contribution >= 4 is 23.0 Å². The van der Waals surface area contributed by atoms with Crippen molar-refractivity contribution in [1.82, 2.24) is 10.6 Å². The Bertz CT molecular complexity index is 791. The number of carbonyl (C=O) groups excluding carboxylic acids is 2. The van der Waals surface area contributed by atoms with Gasteiger partial charge in [-0.1, -0.05) is 38.1 Å². The first kappa shape index (κ1) is 20.4. The molecule has 0 spiro atoms. The van der Waals surface area contributed by atoms with Crippen LogP contribution in [-0.4, -0.2) is 31.9 Å². The zero-order valence-electron chi connectivity index (χ0n) is 16.0. The molecule has 0 aliphatic heterocycles. The maximum atomic E-state index is 12.1. The predicted octanol–water partition coefficient (Wildman–Crippen LogP) is 4.24. The number of ether oxygens (including phenoxy) is 3. The molecule has 0 radical (unpaired) electrons. The van der Waals surface area contributed by atoms with E-state index in [2.05, 4.69) is 10.6 Å². The highest BCUT2D eigenvalue weighted by Crippen LogP contribution is 2.41. The number of rotatable bonds is 8. The lowest BCUT2D eigenvalue weighted by Gasteiger charge is -2.16. The normalized spacial score (nSPS) is 10.3. The lowest BCUT2D eigenvalue weighted by molar-refractivity contribution is 0.196. The first-order valence-corrected chi connectivity index (χ1v) is 9.20. The van der Waals surface area contributed by atoms with Gasteiger partial charge in [-0.25, -0.2) is 9.59 Å². The second-order valence-corrected chi connectivity index (χ2v) is 5.81. The molecule has 0 aliphatic rings. The number of hydrogen-bond acceptors (Lipinski definition) is 5. The molecule has 0 aromatic heterocycles. The van der Waals surface area contributed by atoms with Crippen LogP contribution >= 0.6 is 0 Å². The van der Waals surface area contributed by atoms with Gasteiger partial charge in [0.25, 0.3) is 0 Å². The fraction of sp³-hybridized carbons (Fsp3) is 0.400. The predicted molar refractivity (Wildman–Crippen MR) is 104 cm³/mol. The lowest BCUT2D eigenvalue weighted by atomic mass is 10.1. The van der Waals surface area contributed by atoms with Gasteiger partial charge in [-0.05, 0) is 19.8 Å². The Morgan fingerprint density at radius 1 is 0.852 bits per heavy atom. The van der Waals surface area contributed by atoms with Crippen molar-refractivity contribution in [3.63, 3.8) is 0 Å². The van der Waals surface area contributed by atoms with E-state index in [0.717, 1.165) is 12.8 Å². The van der Waals surface area contributed by atoms with Gasteiger partial charge in [-0.15, -0.1) is 0 Å². The summed E-state index contributed by atoms with van der Waals surface area (Å²) in [6, 6.07) is 8.79. The highest BCUT2D eigenvalue weighted by atomic mass is 16.6. The average Bonchev–Trinajstić information content (AvgIpc) is 2.67. The molecule has 0 saturated carbocycles. The zero-order valence-corrected chi connectivity index (χ0v) is 16.0. The van der Waals surface area contributed by atoms with Gasteiger partial charge in [0.05, 0.1) is 6.61 Å². The minimum absolute atomic E-state index is 0.294. The maximum absolute atomic E-state index is 12.1. The van der Waals surface area contributed by atoms with Gasteiger partial charge in [0.1, 0.15) is 5.75 Å². The topological polar surface area (TPSA) is 85.9 Å². The summed E-state index contributed by atoms with van der Waals surface area (Å²) in [6.07, 6.45) is 0.504. The summed E-state index contributed by atoms with van der Waals surface area (Å²) in [5.74, 6) is 0.965. The van der Waals surface area contributed by atoms with E-state index in [4.69, 9.17) is 14.2 Å². The molecular weight excluding hydrogens is 348 g/mol. The van der Waals surface area contributed by atoms with Crippen LogP contribution in [0.25, 0.3) is 10.8 Å². The monoisotopic (exact) mass is 374 g/mol. The van der Waals surface area contributed by atoms with Crippen molar-refractivity contribution in [2.75, 3.05) is 19.7 Å². The minimum Gasteiger partial charge on any atom is -0.490 e. The SMILES string of the molecule is CCCNC(=O)Oc1cc(OCC)c(OC(=O)NCCC)c2ccccc12. The Labute approximate surface area is 159 Å². The summed E-state index contributed by atoms with van der Waals surface area (Å²) in [4.78, 5) is 24.1. The molecule has 0 fully saturated rings. The van der Waals surface area contributed by atoms with Gasteiger partial charge in [0.15, 0.2) is 11.5 Å². The molecule has 2 aromatic carbocycles. The van der Waals surface area contributed by atoms with Crippen LogP contribution in [0, 0.1) is 0 Å². The molecule has 7 nitrogen and oxygen atoms in total. The standard InChI is InChI=1S/C20H26N2O5/c1-4-11-21-19(23)26-16-13-17(25-6-3)18(27-20(24)22-12-5-2)15-10-8-7-9-14(15)16/h7-10,13H,4-6,11-12H2,1-3H3,(H,21,23)(H,22,24). The van der Waals surface area contributed by atoms with Crippen LogP contribution in [0.4, 0.5) is 9.59 Å². The quantitative estimate of drug-likeness (QED) is 0.722. The zero-order chi connectivity index (χ0) is 19.6. The number of benzene rings is 2. The highest BCUT2D eigenvalue weighted by Gasteiger charge is 2.19. The van der Waals surface area contributed by atoms with E-state index in [1.807, 2.05) is 32.9 Å². The number of hydrogen-bond donors (Lipinski definition) is 2. The van der Waals surface area contributed by atoms with E-state index in [1.165, 1.54) is 0 Å². The number of fused-ring (bicyclic) bond motifs is 1. The molecule has 0 heterocycles. The average molecular weight is 374 g/mol. The van der Waals surface area contributed by atoms with E-state index in [0.29, 0.717) is 47.7 Å². The molecule has 146 valence electrons. The summed E-state index contributed by atoms with van der Waals surface area (Å²) in [7, 11) is 0. The Hall–Kier alpha value is -2.96. The van der Waals surface area contributed by atoms with Crippen molar-refractivity contribution in [3.8, 4) is 17.2 Å². The summed E-state index contributed by atoms with van der Waals surface area (Å²) in [6.45, 7) is 7.14. The lowest BCUT2D eigenvalue weighted by Crippen LogP contribution is -2.28. The molecule has 27 heavy (non-hydrogen) atoms. The molecule has 0 atom stereocenters. The van der Waals surface area contributed by atoms with Crippen LogP contribution in [0.3, 0.4) is 0 Å². The molecule has 0 aliphatic carbocycles. The van der Waals surface area contributed by atoms with E-state index in [9.17, 15) is 9.59 Å². The third-order valence-electron chi connectivity index (χ3n) is 3.66. The fourth-order valence-corrected chi connectivity index (χ4v) is 2.46. The highest BCUT2D eigenvalue weighted by molar-refractivity contribution is 5.98. The van der Waals surface area contributed by atoms with E-state index < -0.39 is 12.2 Å². The molecule has 7 heteroatoms. The first-order chi connectivity index (χ1) is 13.1. The summed E-state index contributed by atoms with van der Waals surface area (Å²) in [5, 5.41) is 6.61. The van der Waals surface area contributed by atoms with E-state index in [1.54, 1.807) is 18.2 Å². The molecular formula is C20H26N2O5. The summed E-state index contributed by atoms with van der Waals surface area (Å²) >= 11 is 0. The number of carbonyl (C=O) groups is 2. The van der Waals surface area contributed by atoms with E-state index in [-0.39, 0.29) is 0 Å². The van der Waals surface area contributed by atoms with Gasteiger partial charge >= 0.3 is 12.2 Å². The second kappa shape index (κ2) is 10.3. The van der Waals surface area contributed by atoms with Gasteiger partial charge < -0.3 is 24.8 Å². The molecule has 2 aromatic rings. The van der Waals surface area contributed by atoms with Crippen molar-refractivity contribution in [2.24, 2.45) is 0 Å². The van der Waals surface area contributed by atoms with E-state index >= 15 is 0 Å². The van der Waals surface area contributed by atoms with Crippen molar-refractivity contribution in [3.05, 3.63) is 30.3 Å². The Balaban J connectivity index is 2.43. The summed E-state index contributed by atoms with van der Waals surface area (Å²) in [5.41, 5.74) is 0. The molecule has 2 N–H and O–H groups in total. The van der Waals surface area contributed by atoms with Crippen molar-refractivity contribution in [2.45, 2.75) is 33.6 Å². The Kier molecular flexibility index (Phi) is 7.73. The third kappa shape index (κ3) is 5.51. The second-order valence-electron chi connectivity index (χ2n) is 5.81. The van der Waals surface area contributed by atoms with Crippen LogP contribution in [-0.2, 0) is 0 Å². The third-order valence-corrected chi connectivity index (χ3v) is 3.66.